The van der Waals surface area contributed by atoms with Crippen LogP contribution >= 0.6 is 0 Å². The fourth-order valence-corrected chi connectivity index (χ4v) is 3.35. The van der Waals surface area contributed by atoms with E-state index < -0.39 is 0 Å². The summed E-state index contributed by atoms with van der Waals surface area (Å²) in [6, 6.07) is 0. The molecule has 4 atom stereocenters. The minimum absolute atomic E-state index is 0.337. The summed E-state index contributed by atoms with van der Waals surface area (Å²) >= 11 is 0. The van der Waals surface area contributed by atoms with Crippen LogP contribution in [0.2, 0.25) is 0 Å². The first-order valence-electron chi connectivity index (χ1n) is 9.23. The minimum atomic E-state index is 0.337. The van der Waals surface area contributed by atoms with Gasteiger partial charge in [-0.05, 0) is 50.4 Å². The second-order valence-corrected chi connectivity index (χ2v) is 7.43. The highest BCUT2D eigenvalue weighted by Gasteiger charge is 2.22. The molecule has 2 aliphatic rings. The number of allylic oxidation sites excluding steroid dienone is 2. The molecule has 0 bridgehead atoms. The van der Waals surface area contributed by atoms with Crippen molar-refractivity contribution in [1.82, 2.24) is 0 Å². The topological polar surface area (TPSA) is 18.5 Å². The van der Waals surface area contributed by atoms with Crippen LogP contribution in [-0.4, -0.2) is 25.4 Å². The molecule has 0 aliphatic carbocycles. The lowest BCUT2D eigenvalue weighted by atomic mass is 9.93. The average molecular weight is 306 g/mol. The SMILES string of the molecule is CC(C)/C=C/C1CCCC(CC(C)/C=C/C2CCCOC2)O1. The summed E-state index contributed by atoms with van der Waals surface area (Å²) in [7, 11) is 0. The van der Waals surface area contributed by atoms with Crippen molar-refractivity contribution >= 4 is 0 Å². The highest BCUT2D eigenvalue weighted by atomic mass is 16.5. The van der Waals surface area contributed by atoms with E-state index in [-0.39, 0.29) is 0 Å². The van der Waals surface area contributed by atoms with E-state index in [0.717, 1.165) is 19.6 Å². The van der Waals surface area contributed by atoms with Crippen LogP contribution in [0.25, 0.3) is 0 Å². The van der Waals surface area contributed by atoms with Gasteiger partial charge in [-0.25, -0.2) is 0 Å². The maximum absolute atomic E-state index is 6.25. The summed E-state index contributed by atoms with van der Waals surface area (Å²) in [6.45, 7) is 8.61. The summed E-state index contributed by atoms with van der Waals surface area (Å²) in [5.41, 5.74) is 0. The summed E-state index contributed by atoms with van der Waals surface area (Å²) in [6.07, 6.45) is 17.4. The van der Waals surface area contributed by atoms with Gasteiger partial charge in [0.1, 0.15) is 0 Å². The van der Waals surface area contributed by atoms with Gasteiger partial charge in [-0.2, -0.15) is 0 Å². The lowest BCUT2D eigenvalue weighted by Gasteiger charge is -2.30. The number of hydrogen-bond acceptors (Lipinski definition) is 2. The molecule has 0 saturated carbocycles. The molecule has 0 aromatic rings. The second-order valence-electron chi connectivity index (χ2n) is 7.43. The van der Waals surface area contributed by atoms with Gasteiger partial charge in [0.25, 0.3) is 0 Å². The second kappa shape index (κ2) is 9.52. The average Bonchev–Trinajstić information content (AvgIpc) is 2.52. The van der Waals surface area contributed by atoms with Crippen LogP contribution < -0.4 is 0 Å². The number of rotatable bonds is 6. The predicted octanol–water partition coefficient (Wildman–Crippen LogP) is 5.15. The zero-order valence-corrected chi connectivity index (χ0v) is 14.7. The van der Waals surface area contributed by atoms with E-state index in [2.05, 4.69) is 45.1 Å². The molecule has 0 N–H and O–H groups in total. The molecular weight excluding hydrogens is 272 g/mol. The van der Waals surface area contributed by atoms with Crippen LogP contribution in [0.15, 0.2) is 24.3 Å². The Morgan fingerprint density at radius 1 is 1.00 bits per heavy atom. The Hall–Kier alpha value is -0.600. The number of ether oxygens (including phenoxy) is 2. The predicted molar refractivity (Wildman–Crippen MR) is 93.0 cm³/mol. The first kappa shape index (κ1) is 17.7. The van der Waals surface area contributed by atoms with Crippen molar-refractivity contribution in [2.75, 3.05) is 13.2 Å². The van der Waals surface area contributed by atoms with Gasteiger partial charge < -0.3 is 9.47 Å². The molecule has 2 aliphatic heterocycles. The van der Waals surface area contributed by atoms with Crippen LogP contribution in [0.1, 0.15) is 59.3 Å². The molecule has 2 saturated heterocycles. The Kier molecular flexibility index (Phi) is 7.68. The molecule has 2 heteroatoms. The van der Waals surface area contributed by atoms with Crippen LogP contribution in [0.3, 0.4) is 0 Å². The summed E-state index contributed by atoms with van der Waals surface area (Å²) in [5.74, 6) is 1.84. The monoisotopic (exact) mass is 306 g/mol. The van der Waals surface area contributed by atoms with Gasteiger partial charge in [0.2, 0.25) is 0 Å². The highest BCUT2D eigenvalue weighted by molar-refractivity contribution is 4.96. The van der Waals surface area contributed by atoms with Crippen LogP contribution in [0.4, 0.5) is 0 Å². The zero-order chi connectivity index (χ0) is 15.8. The van der Waals surface area contributed by atoms with E-state index in [1.54, 1.807) is 0 Å². The van der Waals surface area contributed by atoms with Crippen molar-refractivity contribution < 1.29 is 9.47 Å². The lowest BCUT2D eigenvalue weighted by molar-refractivity contribution is -0.0332. The maximum atomic E-state index is 6.25. The Morgan fingerprint density at radius 2 is 1.86 bits per heavy atom. The molecule has 22 heavy (non-hydrogen) atoms. The molecule has 2 rings (SSSR count). The van der Waals surface area contributed by atoms with E-state index in [4.69, 9.17) is 9.47 Å². The quantitative estimate of drug-likeness (QED) is 0.632. The molecule has 2 nitrogen and oxygen atoms in total. The molecule has 0 aromatic heterocycles. The highest BCUT2D eigenvalue weighted by Crippen LogP contribution is 2.26. The summed E-state index contributed by atoms with van der Waals surface area (Å²) in [4.78, 5) is 0. The Balaban J connectivity index is 1.73. The van der Waals surface area contributed by atoms with Gasteiger partial charge in [0.05, 0.1) is 18.8 Å². The third kappa shape index (κ3) is 6.66. The van der Waals surface area contributed by atoms with E-state index in [1.807, 2.05) is 0 Å². The van der Waals surface area contributed by atoms with E-state index in [0.29, 0.717) is 30.0 Å². The smallest absolute Gasteiger partial charge is 0.0759 e. The van der Waals surface area contributed by atoms with Crippen LogP contribution in [0, 0.1) is 17.8 Å². The van der Waals surface area contributed by atoms with Gasteiger partial charge in [-0.3, -0.25) is 0 Å². The van der Waals surface area contributed by atoms with Crippen molar-refractivity contribution in [3.8, 4) is 0 Å². The first-order chi connectivity index (χ1) is 10.6. The molecule has 0 aromatic carbocycles. The van der Waals surface area contributed by atoms with Crippen LogP contribution in [-0.2, 0) is 9.47 Å². The van der Waals surface area contributed by atoms with Gasteiger partial charge in [-0.15, -0.1) is 0 Å². The van der Waals surface area contributed by atoms with E-state index in [9.17, 15) is 0 Å². The van der Waals surface area contributed by atoms with Crippen molar-refractivity contribution in [2.24, 2.45) is 17.8 Å². The van der Waals surface area contributed by atoms with Gasteiger partial charge in [0, 0.05) is 12.5 Å². The van der Waals surface area contributed by atoms with Crippen LogP contribution in [0.5, 0.6) is 0 Å². The molecule has 2 heterocycles. The minimum Gasteiger partial charge on any atom is -0.381 e. The third-order valence-corrected chi connectivity index (χ3v) is 4.63. The zero-order valence-electron chi connectivity index (χ0n) is 14.7. The molecular formula is C20H34O2. The normalized spacial score (nSPS) is 32.1. The van der Waals surface area contributed by atoms with E-state index in [1.165, 1.54) is 32.1 Å². The standard InChI is InChI=1S/C20H34O2/c1-16(2)9-12-19-7-4-8-20(22-19)14-17(3)10-11-18-6-5-13-21-15-18/h9-12,16-20H,4-8,13-15H2,1-3H3/b11-10+,12-9+. The van der Waals surface area contributed by atoms with Crippen molar-refractivity contribution in [3.05, 3.63) is 24.3 Å². The maximum Gasteiger partial charge on any atom is 0.0759 e. The largest absolute Gasteiger partial charge is 0.381 e. The molecule has 2 fully saturated rings. The lowest BCUT2D eigenvalue weighted by Crippen LogP contribution is -2.27. The summed E-state index contributed by atoms with van der Waals surface area (Å²) < 4.78 is 11.8. The molecule has 4 unspecified atom stereocenters. The van der Waals surface area contributed by atoms with Crippen molar-refractivity contribution in [1.29, 1.82) is 0 Å². The molecule has 0 amide bonds. The molecule has 0 radical (unpaired) electrons. The van der Waals surface area contributed by atoms with Gasteiger partial charge >= 0.3 is 0 Å². The van der Waals surface area contributed by atoms with Crippen molar-refractivity contribution in [2.45, 2.75) is 71.5 Å². The Morgan fingerprint density at radius 3 is 2.59 bits per heavy atom. The van der Waals surface area contributed by atoms with Crippen molar-refractivity contribution in [3.63, 3.8) is 0 Å². The third-order valence-electron chi connectivity index (χ3n) is 4.63. The molecule has 0 spiro atoms. The van der Waals surface area contributed by atoms with E-state index >= 15 is 0 Å². The molecule has 126 valence electrons. The number of hydrogen-bond donors (Lipinski definition) is 0. The van der Waals surface area contributed by atoms with Gasteiger partial charge in [0.15, 0.2) is 0 Å². The Labute approximate surface area is 137 Å². The summed E-state index contributed by atoms with van der Waals surface area (Å²) in [5, 5.41) is 0. The fraction of sp³-hybridized carbons (Fsp3) is 0.800. The van der Waals surface area contributed by atoms with Gasteiger partial charge in [-0.1, -0.05) is 45.1 Å². The Bertz CT molecular complexity index is 353. The first-order valence-corrected chi connectivity index (χ1v) is 9.23. The fourth-order valence-electron chi connectivity index (χ4n) is 3.35.